The summed E-state index contributed by atoms with van der Waals surface area (Å²) in [7, 11) is 0. The number of aliphatic hydroxyl groups is 1. The van der Waals surface area contributed by atoms with Crippen LogP contribution in [0, 0.1) is 5.92 Å². The summed E-state index contributed by atoms with van der Waals surface area (Å²) >= 11 is 0. The fourth-order valence-electron chi connectivity index (χ4n) is 2.00. The van der Waals surface area contributed by atoms with Crippen LogP contribution in [-0.2, 0) is 17.4 Å². The summed E-state index contributed by atoms with van der Waals surface area (Å²) in [5, 5.41) is 12.8. The van der Waals surface area contributed by atoms with E-state index in [4.69, 9.17) is 0 Å². The van der Waals surface area contributed by atoms with Gasteiger partial charge in [-0.15, -0.1) is 0 Å². The van der Waals surface area contributed by atoms with Crippen molar-refractivity contribution < 1.29 is 23.1 Å². The third kappa shape index (κ3) is 5.33. The largest absolute Gasteiger partial charge is 0.416 e. The molecule has 0 saturated heterocycles. The molecule has 0 aromatic heterocycles. The molecular weight excluding hydrogens is 295 g/mol. The number of rotatable bonds is 6. The highest BCUT2D eigenvalue weighted by atomic mass is 19.4. The van der Waals surface area contributed by atoms with Crippen LogP contribution in [0.4, 0.5) is 13.2 Å². The van der Waals surface area contributed by atoms with Crippen LogP contribution in [0.25, 0.3) is 0 Å². The lowest BCUT2D eigenvalue weighted by molar-refractivity contribution is -0.137. The molecule has 0 aliphatic carbocycles. The SMILES string of the molecule is CCC(C)C(C)(O)CNC(=O)Cc1cccc(C(F)(F)F)c1. The van der Waals surface area contributed by atoms with Crippen LogP contribution in [-0.4, -0.2) is 23.2 Å². The Balaban J connectivity index is 2.63. The number of alkyl halides is 3. The molecule has 0 fully saturated rings. The van der Waals surface area contributed by atoms with Crippen LogP contribution in [0.2, 0.25) is 0 Å². The Labute approximate surface area is 128 Å². The Morgan fingerprint density at radius 3 is 2.55 bits per heavy atom. The van der Waals surface area contributed by atoms with Gasteiger partial charge < -0.3 is 10.4 Å². The van der Waals surface area contributed by atoms with Crippen LogP contribution in [0.5, 0.6) is 0 Å². The standard InChI is InChI=1S/C16H22F3NO2/c1-4-11(2)15(3,22)10-20-14(21)9-12-6-5-7-13(8-12)16(17,18)19/h5-8,11,22H,4,9-10H2,1-3H3,(H,20,21). The van der Waals surface area contributed by atoms with Gasteiger partial charge in [-0.25, -0.2) is 0 Å². The molecular formula is C16H22F3NO2. The minimum Gasteiger partial charge on any atom is -0.388 e. The first-order chi connectivity index (χ1) is 10.1. The van der Waals surface area contributed by atoms with Gasteiger partial charge in [-0.1, -0.05) is 38.5 Å². The molecule has 0 radical (unpaired) electrons. The lowest BCUT2D eigenvalue weighted by Gasteiger charge is -2.29. The van der Waals surface area contributed by atoms with E-state index in [1.54, 1.807) is 6.92 Å². The van der Waals surface area contributed by atoms with E-state index in [1.807, 2.05) is 13.8 Å². The summed E-state index contributed by atoms with van der Waals surface area (Å²) in [6.45, 7) is 5.51. The van der Waals surface area contributed by atoms with Gasteiger partial charge in [0.05, 0.1) is 17.6 Å². The zero-order valence-electron chi connectivity index (χ0n) is 13.0. The van der Waals surface area contributed by atoms with Crippen LogP contribution < -0.4 is 5.32 Å². The molecule has 0 spiro atoms. The quantitative estimate of drug-likeness (QED) is 0.847. The van der Waals surface area contributed by atoms with E-state index >= 15 is 0 Å². The lowest BCUT2D eigenvalue weighted by Crippen LogP contribution is -2.45. The predicted octanol–water partition coefficient (Wildman–Crippen LogP) is 3.16. The van der Waals surface area contributed by atoms with Gasteiger partial charge >= 0.3 is 6.18 Å². The van der Waals surface area contributed by atoms with E-state index in [0.717, 1.165) is 18.6 Å². The summed E-state index contributed by atoms with van der Waals surface area (Å²) in [5.74, 6) is -0.413. The average molecular weight is 317 g/mol. The van der Waals surface area contributed by atoms with Crippen molar-refractivity contribution >= 4 is 5.91 Å². The molecule has 124 valence electrons. The van der Waals surface area contributed by atoms with E-state index in [9.17, 15) is 23.1 Å². The van der Waals surface area contributed by atoms with Crippen molar-refractivity contribution in [1.29, 1.82) is 0 Å². The van der Waals surface area contributed by atoms with Crippen molar-refractivity contribution in [2.24, 2.45) is 5.92 Å². The van der Waals surface area contributed by atoms with Gasteiger partial charge in [-0.3, -0.25) is 4.79 Å². The van der Waals surface area contributed by atoms with Gasteiger partial charge in [0.25, 0.3) is 0 Å². The molecule has 1 aromatic rings. The fourth-order valence-corrected chi connectivity index (χ4v) is 2.00. The highest BCUT2D eigenvalue weighted by molar-refractivity contribution is 5.78. The second-order valence-corrected chi connectivity index (χ2v) is 5.82. The van der Waals surface area contributed by atoms with Crippen LogP contribution in [0.1, 0.15) is 38.3 Å². The smallest absolute Gasteiger partial charge is 0.388 e. The summed E-state index contributed by atoms with van der Waals surface area (Å²) in [6.07, 6.45) is -3.82. The zero-order chi connectivity index (χ0) is 17.0. The molecule has 6 heteroatoms. The van der Waals surface area contributed by atoms with Crippen molar-refractivity contribution in [3.8, 4) is 0 Å². The average Bonchev–Trinajstić information content (AvgIpc) is 2.43. The normalized spacial score (nSPS) is 16.0. The van der Waals surface area contributed by atoms with Crippen molar-refractivity contribution in [1.82, 2.24) is 5.32 Å². The Morgan fingerprint density at radius 2 is 2.00 bits per heavy atom. The van der Waals surface area contributed by atoms with Crippen molar-refractivity contribution in [2.45, 2.75) is 45.4 Å². The summed E-state index contributed by atoms with van der Waals surface area (Å²) < 4.78 is 37.8. The molecule has 0 bridgehead atoms. The molecule has 2 N–H and O–H groups in total. The predicted molar refractivity (Wildman–Crippen MR) is 78.2 cm³/mol. The molecule has 22 heavy (non-hydrogen) atoms. The topological polar surface area (TPSA) is 49.3 Å². The molecule has 0 saturated carbocycles. The second-order valence-electron chi connectivity index (χ2n) is 5.82. The van der Waals surface area contributed by atoms with E-state index in [1.165, 1.54) is 12.1 Å². The van der Waals surface area contributed by atoms with Crippen molar-refractivity contribution in [3.05, 3.63) is 35.4 Å². The number of halogens is 3. The maximum atomic E-state index is 12.6. The zero-order valence-corrected chi connectivity index (χ0v) is 13.0. The monoisotopic (exact) mass is 317 g/mol. The first kappa shape index (κ1) is 18.5. The molecule has 0 aliphatic heterocycles. The summed E-state index contributed by atoms with van der Waals surface area (Å²) in [6, 6.07) is 4.68. The third-order valence-electron chi connectivity index (χ3n) is 3.94. The molecule has 2 atom stereocenters. The van der Waals surface area contributed by atoms with Gasteiger partial charge in [0.2, 0.25) is 5.91 Å². The highest BCUT2D eigenvalue weighted by Crippen LogP contribution is 2.29. The minimum atomic E-state index is -4.42. The van der Waals surface area contributed by atoms with Gasteiger partial charge in [-0.05, 0) is 24.5 Å². The van der Waals surface area contributed by atoms with E-state index in [0.29, 0.717) is 0 Å². The maximum Gasteiger partial charge on any atom is 0.416 e. The second kappa shape index (κ2) is 7.13. The minimum absolute atomic E-state index is 0.00126. The number of benzene rings is 1. The van der Waals surface area contributed by atoms with Gasteiger partial charge in [0, 0.05) is 6.54 Å². The molecule has 0 heterocycles. The van der Waals surface area contributed by atoms with E-state index in [2.05, 4.69) is 5.32 Å². The molecule has 1 amide bonds. The third-order valence-corrected chi connectivity index (χ3v) is 3.94. The van der Waals surface area contributed by atoms with Gasteiger partial charge in [0.1, 0.15) is 0 Å². The van der Waals surface area contributed by atoms with Crippen LogP contribution >= 0.6 is 0 Å². The molecule has 1 aromatic carbocycles. The van der Waals surface area contributed by atoms with E-state index < -0.39 is 23.2 Å². The number of amides is 1. The Morgan fingerprint density at radius 1 is 1.36 bits per heavy atom. The lowest BCUT2D eigenvalue weighted by atomic mass is 9.88. The molecule has 3 nitrogen and oxygen atoms in total. The number of hydrogen-bond donors (Lipinski definition) is 2. The molecule has 2 unspecified atom stereocenters. The van der Waals surface area contributed by atoms with Crippen molar-refractivity contribution in [2.75, 3.05) is 6.54 Å². The van der Waals surface area contributed by atoms with Crippen LogP contribution in [0.3, 0.4) is 0 Å². The number of carbonyl (C=O) groups excluding carboxylic acids is 1. The maximum absolute atomic E-state index is 12.6. The van der Waals surface area contributed by atoms with Crippen molar-refractivity contribution in [3.63, 3.8) is 0 Å². The van der Waals surface area contributed by atoms with Gasteiger partial charge in [-0.2, -0.15) is 13.2 Å². The van der Waals surface area contributed by atoms with Gasteiger partial charge in [0.15, 0.2) is 0 Å². The Hall–Kier alpha value is -1.56. The van der Waals surface area contributed by atoms with Crippen LogP contribution in [0.15, 0.2) is 24.3 Å². The number of nitrogens with one attached hydrogen (secondary N) is 1. The molecule has 0 aliphatic rings. The first-order valence-corrected chi connectivity index (χ1v) is 7.21. The number of hydrogen-bond acceptors (Lipinski definition) is 2. The Bertz CT molecular complexity index is 512. The highest BCUT2D eigenvalue weighted by Gasteiger charge is 2.30. The first-order valence-electron chi connectivity index (χ1n) is 7.21. The fraction of sp³-hybridized carbons (Fsp3) is 0.562. The van der Waals surface area contributed by atoms with E-state index in [-0.39, 0.29) is 24.4 Å². The molecule has 1 rings (SSSR count). The Kier molecular flexibility index (Phi) is 6.00. The number of carbonyl (C=O) groups is 1. The summed E-state index contributed by atoms with van der Waals surface area (Å²) in [4.78, 5) is 11.8. The summed E-state index contributed by atoms with van der Waals surface area (Å²) in [5.41, 5.74) is -1.53.